The third kappa shape index (κ3) is 2.08. The number of benzene rings is 2. The molecule has 0 amide bonds. The van der Waals surface area contributed by atoms with Crippen molar-refractivity contribution in [2.24, 2.45) is 0 Å². The molecule has 0 unspecified atom stereocenters. The van der Waals surface area contributed by atoms with Gasteiger partial charge in [-0.2, -0.15) is 0 Å². The number of aromatic nitrogens is 2. The zero-order valence-corrected chi connectivity index (χ0v) is 12.4. The summed E-state index contributed by atoms with van der Waals surface area (Å²) < 4.78 is 30.2. The molecule has 1 heterocycles. The van der Waals surface area contributed by atoms with E-state index in [-0.39, 0.29) is 5.52 Å². The summed E-state index contributed by atoms with van der Waals surface area (Å²) in [4.78, 5) is 2.88. The predicted molar refractivity (Wildman–Crippen MR) is 81.1 cm³/mol. The molecule has 0 aliphatic heterocycles. The molecule has 3 aromatic rings. The third-order valence-corrected chi connectivity index (χ3v) is 3.83. The number of fused-ring (bicyclic) bond motifs is 1. The standard InChI is InChI=1S/C13H7F2IN2S/c14-9-5-6-10-12(11(9)15)18(13(19)17-10)8-3-1-7(16)2-4-8/h1-6H,(H,17,19). The average Bonchev–Trinajstić information content (AvgIpc) is 2.72. The van der Waals surface area contributed by atoms with Gasteiger partial charge in [-0.1, -0.05) is 0 Å². The minimum absolute atomic E-state index is 0.131. The Bertz CT molecular complexity index is 821. The highest BCUT2D eigenvalue weighted by Crippen LogP contribution is 2.24. The van der Waals surface area contributed by atoms with Crippen LogP contribution < -0.4 is 0 Å². The van der Waals surface area contributed by atoms with E-state index in [1.807, 2.05) is 24.3 Å². The summed E-state index contributed by atoms with van der Waals surface area (Å²) >= 11 is 7.36. The molecular weight excluding hydrogens is 381 g/mol. The van der Waals surface area contributed by atoms with E-state index in [2.05, 4.69) is 27.6 Å². The first kappa shape index (κ1) is 12.7. The van der Waals surface area contributed by atoms with Crippen molar-refractivity contribution in [2.45, 2.75) is 0 Å². The van der Waals surface area contributed by atoms with Crippen molar-refractivity contribution in [3.8, 4) is 5.69 Å². The zero-order valence-electron chi connectivity index (χ0n) is 9.45. The summed E-state index contributed by atoms with van der Waals surface area (Å²) in [5.41, 5.74) is 1.30. The van der Waals surface area contributed by atoms with Crippen molar-refractivity contribution < 1.29 is 8.78 Å². The molecule has 1 aromatic heterocycles. The Labute approximate surface area is 126 Å². The van der Waals surface area contributed by atoms with Crippen molar-refractivity contribution >= 4 is 45.8 Å². The zero-order chi connectivity index (χ0) is 13.6. The minimum Gasteiger partial charge on any atom is -0.330 e. The second kappa shape index (κ2) is 4.68. The molecule has 0 radical (unpaired) electrons. The summed E-state index contributed by atoms with van der Waals surface area (Å²) in [6, 6.07) is 9.96. The molecule has 2 nitrogen and oxygen atoms in total. The first-order valence-electron chi connectivity index (χ1n) is 5.42. The fraction of sp³-hybridized carbons (Fsp3) is 0. The quantitative estimate of drug-likeness (QED) is 0.479. The van der Waals surface area contributed by atoms with Crippen LogP contribution in [0.5, 0.6) is 0 Å². The Balaban J connectivity index is 2.40. The second-order valence-corrected chi connectivity index (χ2v) is 5.63. The Morgan fingerprint density at radius 1 is 1.05 bits per heavy atom. The lowest BCUT2D eigenvalue weighted by Crippen LogP contribution is -1.97. The largest absolute Gasteiger partial charge is 0.330 e. The number of halogens is 3. The number of rotatable bonds is 1. The van der Waals surface area contributed by atoms with Gasteiger partial charge in [-0.25, -0.2) is 8.78 Å². The highest BCUT2D eigenvalue weighted by atomic mass is 127. The maximum atomic E-state index is 14.0. The van der Waals surface area contributed by atoms with E-state index in [9.17, 15) is 8.78 Å². The topological polar surface area (TPSA) is 20.7 Å². The number of hydrogen-bond acceptors (Lipinski definition) is 1. The SMILES string of the molecule is Fc1ccc2[nH]c(=S)n(-c3ccc(I)cc3)c2c1F. The number of imidazole rings is 1. The maximum Gasteiger partial charge on any atom is 0.184 e. The van der Waals surface area contributed by atoms with E-state index in [4.69, 9.17) is 12.2 Å². The van der Waals surface area contributed by atoms with Gasteiger partial charge in [-0.3, -0.25) is 4.57 Å². The van der Waals surface area contributed by atoms with Crippen LogP contribution in [0, 0.1) is 20.0 Å². The van der Waals surface area contributed by atoms with Gasteiger partial charge in [0.25, 0.3) is 0 Å². The van der Waals surface area contributed by atoms with Crippen LogP contribution in [0.2, 0.25) is 0 Å². The minimum atomic E-state index is -0.900. The van der Waals surface area contributed by atoms with E-state index in [0.717, 1.165) is 9.64 Å². The lowest BCUT2D eigenvalue weighted by molar-refractivity contribution is 0.514. The maximum absolute atomic E-state index is 14.0. The summed E-state index contributed by atoms with van der Waals surface area (Å²) in [6.45, 7) is 0. The first-order valence-corrected chi connectivity index (χ1v) is 6.91. The van der Waals surface area contributed by atoms with Crippen molar-refractivity contribution in [1.29, 1.82) is 0 Å². The van der Waals surface area contributed by atoms with Crippen LogP contribution in [0.4, 0.5) is 8.78 Å². The highest BCUT2D eigenvalue weighted by molar-refractivity contribution is 14.1. The van der Waals surface area contributed by atoms with Crippen molar-refractivity contribution in [3.05, 3.63) is 56.4 Å². The van der Waals surface area contributed by atoms with Gasteiger partial charge in [0.2, 0.25) is 0 Å². The average molecular weight is 388 g/mol. The number of nitrogens with one attached hydrogen (secondary N) is 1. The van der Waals surface area contributed by atoms with E-state index in [0.29, 0.717) is 16.0 Å². The highest BCUT2D eigenvalue weighted by Gasteiger charge is 2.14. The molecule has 0 atom stereocenters. The molecule has 3 rings (SSSR count). The lowest BCUT2D eigenvalue weighted by Gasteiger charge is -2.05. The predicted octanol–water partition coefficient (Wildman–Crippen LogP) is 4.57. The fourth-order valence-electron chi connectivity index (χ4n) is 1.97. The molecule has 0 spiro atoms. The van der Waals surface area contributed by atoms with Gasteiger partial charge in [0, 0.05) is 9.26 Å². The van der Waals surface area contributed by atoms with Crippen LogP contribution >= 0.6 is 34.8 Å². The molecule has 6 heteroatoms. The van der Waals surface area contributed by atoms with Crippen molar-refractivity contribution in [1.82, 2.24) is 9.55 Å². The molecule has 19 heavy (non-hydrogen) atoms. The first-order chi connectivity index (χ1) is 9.08. The van der Waals surface area contributed by atoms with Crippen LogP contribution in [0.25, 0.3) is 16.7 Å². The second-order valence-electron chi connectivity index (χ2n) is 4.00. The van der Waals surface area contributed by atoms with Gasteiger partial charge in [0.15, 0.2) is 16.4 Å². The van der Waals surface area contributed by atoms with Crippen molar-refractivity contribution in [3.63, 3.8) is 0 Å². The molecule has 96 valence electrons. The van der Waals surface area contributed by atoms with Crippen LogP contribution in [0.15, 0.2) is 36.4 Å². The van der Waals surface area contributed by atoms with Crippen LogP contribution in [-0.4, -0.2) is 9.55 Å². The molecule has 0 aliphatic carbocycles. The van der Waals surface area contributed by atoms with Gasteiger partial charge < -0.3 is 4.98 Å². The monoisotopic (exact) mass is 388 g/mol. The smallest absolute Gasteiger partial charge is 0.184 e. The van der Waals surface area contributed by atoms with E-state index in [1.165, 1.54) is 10.6 Å². The molecule has 0 aliphatic rings. The van der Waals surface area contributed by atoms with Gasteiger partial charge >= 0.3 is 0 Å². The molecule has 2 aromatic carbocycles. The summed E-state index contributed by atoms with van der Waals surface area (Å²) in [6.07, 6.45) is 0. The van der Waals surface area contributed by atoms with Gasteiger partial charge in [-0.15, -0.1) is 0 Å². The Morgan fingerprint density at radius 3 is 2.42 bits per heavy atom. The summed E-state index contributed by atoms with van der Waals surface area (Å²) in [7, 11) is 0. The van der Waals surface area contributed by atoms with E-state index >= 15 is 0 Å². The van der Waals surface area contributed by atoms with E-state index in [1.54, 1.807) is 0 Å². The molecular formula is C13H7F2IN2S. The third-order valence-electron chi connectivity index (χ3n) is 2.82. The van der Waals surface area contributed by atoms with E-state index < -0.39 is 11.6 Å². The summed E-state index contributed by atoms with van der Waals surface area (Å²) in [5, 5.41) is 0. The Hall–Kier alpha value is -1.28. The van der Waals surface area contributed by atoms with Gasteiger partial charge in [0.1, 0.15) is 5.52 Å². The normalized spacial score (nSPS) is 11.1. The number of H-pyrrole nitrogens is 1. The molecule has 0 saturated carbocycles. The molecule has 0 fully saturated rings. The number of aromatic amines is 1. The molecule has 0 bridgehead atoms. The molecule has 1 N–H and O–H groups in total. The van der Waals surface area contributed by atoms with Crippen molar-refractivity contribution in [2.75, 3.05) is 0 Å². The number of hydrogen-bond donors (Lipinski definition) is 1. The fourth-order valence-corrected chi connectivity index (χ4v) is 2.63. The van der Waals surface area contributed by atoms with Crippen LogP contribution in [0.3, 0.4) is 0 Å². The molecule has 0 saturated heterocycles. The van der Waals surface area contributed by atoms with Gasteiger partial charge in [-0.05, 0) is 71.2 Å². The lowest BCUT2D eigenvalue weighted by atomic mass is 10.2. The Morgan fingerprint density at radius 2 is 1.74 bits per heavy atom. The summed E-state index contributed by atoms with van der Waals surface area (Å²) in [5.74, 6) is -1.79. The van der Waals surface area contributed by atoms with Crippen LogP contribution in [-0.2, 0) is 0 Å². The number of nitrogens with zero attached hydrogens (tertiary/aromatic N) is 1. The Kier molecular flexibility index (Phi) is 3.14. The van der Waals surface area contributed by atoms with Crippen LogP contribution in [0.1, 0.15) is 0 Å². The van der Waals surface area contributed by atoms with Gasteiger partial charge in [0.05, 0.1) is 5.52 Å².